The summed E-state index contributed by atoms with van der Waals surface area (Å²) in [5.41, 5.74) is 8.25. The lowest BCUT2D eigenvalue weighted by molar-refractivity contribution is -0.633. The summed E-state index contributed by atoms with van der Waals surface area (Å²) in [6, 6.07) is 29.6. The Bertz CT molecular complexity index is 1850. The van der Waals surface area contributed by atoms with E-state index in [4.69, 9.17) is 8.83 Å². The third-order valence-corrected chi connectivity index (χ3v) is 6.68. The Morgan fingerprint density at radius 3 is 2.28 bits per heavy atom. The van der Waals surface area contributed by atoms with Gasteiger partial charge in [0.15, 0.2) is 0 Å². The van der Waals surface area contributed by atoms with Gasteiger partial charge in [-0.25, -0.2) is 0 Å². The fraction of sp³-hybridized carbons (Fsp3) is 0.0690. The van der Waals surface area contributed by atoms with Crippen LogP contribution < -0.4 is 4.57 Å². The molecule has 7 aromatic rings. The van der Waals surface area contributed by atoms with Crippen LogP contribution in [-0.4, -0.2) is 0 Å². The molecule has 0 saturated heterocycles. The van der Waals surface area contributed by atoms with Gasteiger partial charge in [-0.3, -0.25) is 0 Å². The summed E-state index contributed by atoms with van der Waals surface area (Å²) in [6.07, 6.45) is 0. The van der Waals surface area contributed by atoms with Crippen LogP contribution in [0.1, 0.15) is 5.56 Å². The first-order chi connectivity index (χ1) is 15.7. The van der Waals surface area contributed by atoms with Gasteiger partial charge < -0.3 is 8.83 Å². The number of benzene rings is 4. The van der Waals surface area contributed by atoms with Gasteiger partial charge in [-0.2, -0.15) is 4.57 Å². The lowest BCUT2D eigenvalue weighted by Crippen LogP contribution is -2.32. The van der Waals surface area contributed by atoms with Gasteiger partial charge in [-0.05, 0) is 42.8 Å². The Balaban J connectivity index is 1.58. The fourth-order valence-corrected chi connectivity index (χ4v) is 5.07. The molecule has 0 bridgehead atoms. The first kappa shape index (κ1) is 17.6. The highest BCUT2D eigenvalue weighted by atomic mass is 16.3. The van der Waals surface area contributed by atoms with Gasteiger partial charge >= 0.3 is 0 Å². The number of pyridine rings is 1. The van der Waals surface area contributed by atoms with Crippen LogP contribution >= 0.6 is 0 Å². The SMILES string of the molecule is Cc1ccc2c(oc3cc4c(cc32)oc2ccccc24)c1-c1ccc2ccccc2[n+]1C. The van der Waals surface area contributed by atoms with Gasteiger partial charge in [-0.1, -0.05) is 42.5 Å². The monoisotopic (exact) mass is 414 g/mol. The zero-order valence-corrected chi connectivity index (χ0v) is 17.8. The molecule has 0 aliphatic carbocycles. The number of hydrogen-bond acceptors (Lipinski definition) is 2. The van der Waals surface area contributed by atoms with Crippen molar-refractivity contribution in [2.45, 2.75) is 6.92 Å². The molecule has 3 aromatic heterocycles. The molecule has 7 rings (SSSR count). The van der Waals surface area contributed by atoms with Crippen molar-refractivity contribution in [3.63, 3.8) is 0 Å². The van der Waals surface area contributed by atoms with E-state index in [-0.39, 0.29) is 0 Å². The minimum Gasteiger partial charge on any atom is -0.456 e. The Kier molecular flexibility index (Phi) is 3.41. The van der Waals surface area contributed by atoms with E-state index in [2.05, 4.69) is 85.3 Å². The van der Waals surface area contributed by atoms with Crippen molar-refractivity contribution < 1.29 is 13.4 Å². The number of aryl methyl sites for hydroxylation is 2. The van der Waals surface area contributed by atoms with Crippen LogP contribution in [-0.2, 0) is 7.05 Å². The Morgan fingerprint density at radius 2 is 1.38 bits per heavy atom. The number of fused-ring (bicyclic) bond motifs is 7. The van der Waals surface area contributed by atoms with Gasteiger partial charge in [0.05, 0.1) is 5.56 Å². The predicted octanol–water partition coefficient (Wildman–Crippen LogP) is 7.44. The van der Waals surface area contributed by atoms with Crippen molar-refractivity contribution in [3.8, 4) is 11.3 Å². The highest BCUT2D eigenvalue weighted by molar-refractivity contribution is 6.16. The highest BCUT2D eigenvalue weighted by Crippen LogP contribution is 2.40. The van der Waals surface area contributed by atoms with Crippen molar-refractivity contribution in [1.29, 1.82) is 0 Å². The van der Waals surface area contributed by atoms with Gasteiger partial charge in [0.25, 0.3) is 0 Å². The molecule has 0 unspecified atom stereocenters. The molecule has 3 heterocycles. The number of rotatable bonds is 1. The third kappa shape index (κ3) is 2.28. The van der Waals surface area contributed by atoms with Crippen molar-refractivity contribution >= 4 is 54.8 Å². The first-order valence-electron chi connectivity index (χ1n) is 10.8. The maximum Gasteiger partial charge on any atom is 0.216 e. The molecule has 3 nitrogen and oxygen atoms in total. The molecule has 0 N–H and O–H groups in total. The summed E-state index contributed by atoms with van der Waals surface area (Å²) >= 11 is 0. The Labute approximate surface area is 184 Å². The van der Waals surface area contributed by atoms with Crippen LogP contribution in [0.25, 0.3) is 66.0 Å². The summed E-state index contributed by atoms with van der Waals surface area (Å²) in [5.74, 6) is 0. The molecule has 0 saturated carbocycles. The van der Waals surface area contributed by atoms with E-state index in [1.165, 1.54) is 16.5 Å². The summed E-state index contributed by atoms with van der Waals surface area (Å²) in [6.45, 7) is 2.15. The largest absolute Gasteiger partial charge is 0.456 e. The molecule has 152 valence electrons. The summed E-state index contributed by atoms with van der Waals surface area (Å²) in [5, 5.41) is 5.61. The first-order valence-corrected chi connectivity index (χ1v) is 10.8. The van der Waals surface area contributed by atoms with E-state index in [0.717, 1.165) is 55.1 Å². The van der Waals surface area contributed by atoms with E-state index < -0.39 is 0 Å². The number of furan rings is 2. The van der Waals surface area contributed by atoms with Gasteiger partial charge in [0.1, 0.15) is 29.4 Å². The third-order valence-electron chi connectivity index (χ3n) is 6.68. The van der Waals surface area contributed by atoms with E-state index in [1.807, 2.05) is 18.2 Å². The second-order valence-electron chi connectivity index (χ2n) is 8.52. The zero-order valence-electron chi connectivity index (χ0n) is 17.8. The maximum atomic E-state index is 6.56. The van der Waals surface area contributed by atoms with Crippen LogP contribution in [0, 0.1) is 6.92 Å². The number of nitrogens with zero attached hydrogens (tertiary/aromatic N) is 1. The normalized spacial score (nSPS) is 12.1. The number of hydrogen-bond donors (Lipinski definition) is 0. The summed E-state index contributed by atoms with van der Waals surface area (Å²) < 4.78 is 14.9. The van der Waals surface area contributed by atoms with E-state index in [1.54, 1.807) is 0 Å². The average molecular weight is 414 g/mol. The maximum absolute atomic E-state index is 6.56. The molecule has 0 radical (unpaired) electrons. The molecule has 0 fully saturated rings. The molecule has 0 aliphatic rings. The van der Waals surface area contributed by atoms with Gasteiger partial charge in [-0.15, -0.1) is 0 Å². The molecule has 0 spiro atoms. The molecule has 0 aliphatic heterocycles. The summed E-state index contributed by atoms with van der Waals surface area (Å²) in [7, 11) is 2.12. The quantitative estimate of drug-likeness (QED) is 0.261. The van der Waals surface area contributed by atoms with Crippen molar-refractivity contribution in [2.75, 3.05) is 0 Å². The van der Waals surface area contributed by atoms with Crippen LogP contribution in [0.3, 0.4) is 0 Å². The summed E-state index contributed by atoms with van der Waals surface area (Å²) in [4.78, 5) is 0. The molecule has 0 amide bonds. The van der Waals surface area contributed by atoms with Gasteiger partial charge in [0.2, 0.25) is 11.2 Å². The van der Waals surface area contributed by atoms with E-state index >= 15 is 0 Å². The lowest BCUT2D eigenvalue weighted by atomic mass is 9.99. The fourth-order valence-electron chi connectivity index (χ4n) is 5.07. The van der Waals surface area contributed by atoms with Gasteiger partial charge in [0, 0.05) is 39.1 Å². The Hall–Kier alpha value is -4.11. The topological polar surface area (TPSA) is 30.2 Å². The zero-order chi connectivity index (χ0) is 21.4. The second kappa shape index (κ2) is 6.21. The van der Waals surface area contributed by atoms with Crippen LogP contribution in [0.4, 0.5) is 0 Å². The lowest BCUT2D eigenvalue weighted by Gasteiger charge is -2.07. The molecular formula is C29H20NO2+. The second-order valence-corrected chi connectivity index (χ2v) is 8.52. The number of para-hydroxylation sites is 2. The number of aromatic nitrogens is 1. The van der Waals surface area contributed by atoms with Crippen molar-refractivity contribution in [1.82, 2.24) is 0 Å². The molecule has 3 heteroatoms. The van der Waals surface area contributed by atoms with E-state index in [9.17, 15) is 0 Å². The Morgan fingerprint density at radius 1 is 0.625 bits per heavy atom. The standard InChI is InChI=1S/C29H20NO2/c1-17-11-13-20-22-16-26-21(19-8-4-6-10-25(19)31-26)15-27(22)32-29(20)28(17)24-14-12-18-7-3-5-9-23(18)30(24)2/h3-16H,1-2H3/q+1. The molecule has 32 heavy (non-hydrogen) atoms. The molecule has 4 aromatic carbocycles. The van der Waals surface area contributed by atoms with Crippen LogP contribution in [0.5, 0.6) is 0 Å². The van der Waals surface area contributed by atoms with Crippen molar-refractivity contribution in [3.05, 3.63) is 90.5 Å². The average Bonchev–Trinajstić information content (AvgIpc) is 3.36. The highest BCUT2D eigenvalue weighted by Gasteiger charge is 2.22. The minimum atomic E-state index is 0.884. The minimum absolute atomic E-state index is 0.884. The molecule has 0 atom stereocenters. The predicted molar refractivity (Wildman–Crippen MR) is 130 cm³/mol. The van der Waals surface area contributed by atoms with Crippen LogP contribution in [0.2, 0.25) is 0 Å². The van der Waals surface area contributed by atoms with Crippen LogP contribution in [0.15, 0.2) is 93.8 Å². The molecular weight excluding hydrogens is 394 g/mol. The smallest absolute Gasteiger partial charge is 0.216 e. The van der Waals surface area contributed by atoms with Crippen molar-refractivity contribution in [2.24, 2.45) is 7.05 Å². The van der Waals surface area contributed by atoms with E-state index in [0.29, 0.717) is 0 Å².